The Morgan fingerprint density at radius 3 is 2.21 bits per heavy atom. The first-order chi connectivity index (χ1) is 9.27. The Morgan fingerprint density at radius 2 is 1.53 bits per heavy atom. The van der Waals surface area contributed by atoms with Crippen LogP contribution in [0.2, 0.25) is 0 Å². The highest BCUT2D eigenvalue weighted by atomic mass is 16.5. The van der Waals surface area contributed by atoms with Crippen LogP contribution in [0, 0.1) is 6.92 Å². The lowest BCUT2D eigenvalue weighted by atomic mass is 10.0. The number of rotatable bonds is 6. The number of aryl methyl sites for hydroxylation is 1. The monoisotopic (exact) mass is 258 g/mol. The molecule has 0 heterocycles. The van der Waals surface area contributed by atoms with E-state index in [2.05, 4.69) is 39.0 Å². The third kappa shape index (κ3) is 3.01. The molecule has 0 aromatic heterocycles. The van der Waals surface area contributed by atoms with E-state index in [1.165, 1.54) is 0 Å². The second-order valence-electron chi connectivity index (χ2n) is 4.76. The van der Waals surface area contributed by atoms with E-state index in [0.717, 1.165) is 53.9 Å². The molecule has 0 fully saturated rings. The van der Waals surface area contributed by atoms with Gasteiger partial charge in [0.2, 0.25) is 0 Å². The summed E-state index contributed by atoms with van der Waals surface area (Å²) in [5.41, 5.74) is 1.14. The van der Waals surface area contributed by atoms with E-state index in [1.54, 1.807) is 0 Å². The number of hydrogen-bond acceptors (Lipinski definition) is 2. The van der Waals surface area contributed by atoms with E-state index >= 15 is 0 Å². The van der Waals surface area contributed by atoms with Crippen molar-refractivity contribution in [1.82, 2.24) is 0 Å². The van der Waals surface area contributed by atoms with Crippen molar-refractivity contribution in [2.75, 3.05) is 13.2 Å². The lowest BCUT2D eigenvalue weighted by Gasteiger charge is -2.15. The third-order valence-corrected chi connectivity index (χ3v) is 3.06. The number of fused-ring (bicyclic) bond motifs is 1. The van der Waals surface area contributed by atoms with Gasteiger partial charge >= 0.3 is 0 Å². The zero-order chi connectivity index (χ0) is 13.7. The first-order valence-corrected chi connectivity index (χ1v) is 7.05. The van der Waals surface area contributed by atoms with Crippen LogP contribution in [0.1, 0.15) is 32.3 Å². The molecule has 2 rings (SSSR count). The summed E-state index contributed by atoms with van der Waals surface area (Å²) < 4.78 is 11.8. The van der Waals surface area contributed by atoms with E-state index in [4.69, 9.17) is 9.47 Å². The summed E-state index contributed by atoms with van der Waals surface area (Å²) >= 11 is 0. The normalized spacial score (nSPS) is 10.7. The minimum Gasteiger partial charge on any atom is -0.493 e. The van der Waals surface area contributed by atoms with Crippen LogP contribution >= 0.6 is 0 Å². The van der Waals surface area contributed by atoms with E-state index in [-0.39, 0.29) is 0 Å². The van der Waals surface area contributed by atoms with Gasteiger partial charge in [0.15, 0.2) is 0 Å². The molecule has 102 valence electrons. The van der Waals surface area contributed by atoms with Crippen molar-refractivity contribution in [2.24, 2.45) is 0 Å². The van der Waals surface area contributed by atoms with Crippen LogP contribution in [-0.4, -0.2) is 13.2 Å². The zero-order valence-corrected chi connectivity index (χ0v) is 12.0. The molecule has 0 aliphatic heterocycles. The Balaban J connectivity index is 2.49. The maximum atomic E-state index is 5.90. The molecule has 2 aromatic rings. The fourth-order valence-electron chi connectivity index (χ4n) is 2.18. The van der Waals surface area contributed by atoms with Crippen LogP contribution in [0.25, 0.3) is 10.8 Å². The summed E-state index contributed by atoms with van der Waals surface area (Å²) in [6, 6.07) is 10.4. The van der Waals surface area contributed by atoms with E-state index in [9.17, 15) is 0 Å². The molecular formula is C17H22O2. The van der Waals surface area contributed by atoms with Gasteiger partial charge in [-0.15, -0.1) is 0 Å². The van der Waals surface area contributed by atoms with Crippen molar-refractivity contribution in [3.63, 3.8) is 0 Å². The summed E-state index contributed by atoms with van der Waals surface area (Å²) in [5, 5.41) is 2.27. The van der Waals surface area contributed by atoms with Gasteiger partial charge in [0.25, 0.3) is 0 Å². The molecule has 0 amide bonds. The van der Waals surface area contributed by atoms with Crippen LogP contribution < -0.4 is 9.47 Å². The summed E-state index contributed by atoms with van der Waals surface area (Å²) in [6.45, 7) is 7.82. The SMILES string of the molecule is CCCOc1cc(C)c(OCCC)c2ccccc12. The number of ether oxygens (including phenoxy) is 2. The van der Waals surface area contributed by atoms with Crippen LogP contribution in [-0.2, 0) is 0 Å². The lowest BCUT2D eigenvalue weighted by Crippen LogP contribution is -2.01. The Bertz CT molecular complexity index is 546. The molecule has 2 heteroatoms. The molecule has 0 bridgehead atoms. The molecule has 2 nitrogen and oxygen atoms in total. The van der Waals surface area contributed by atoms with Gasteiger partial charge in [0.05, 0.1) is 13.2 Å². The molecule has 0 saturated carbocycles. The van der Waals surface area contributed by atoms with E-state index < -0.39 is 0 Å². The molecule has 0 atom stereocenters. The van der Waals surface area contributed by atoms with Crippen molar-refractivity contribution in [1.29, 1.82) is 0 Å². The van der Waals surface area contributed by atoms with E-state index in [1.807, 2.05) is 12.1 Å². The second-order valence-corrected chi connectivity index (χ2v) is 4.76. The average molecular weight is 258 g/mol. The van der Waals surface area contributed by atoms with E-state index in [0.29, 0.717) is 0 Å². The smallest absolute Gasteiger partial charge is 0.130 e. The number of hydrogen-bond donors (Lipinski definition) is 0. The minimum atomic E-state index is 0.749. The molecule has 0 spiro atoms. The van der Waals surface area contributed by atoms with Crippen molar-refractivity contribution < 1.29 is 9.47 Å². The summed E-state index contributed by atoms with van der Waals surface area (Å²) in [7, 11) is 0. The molecule has 0 unspecified atom stereocenters. The predicted octanol–water partition coefficient (Wildman–Crippen LogP) is 4.73. The Kier molecular flexibility index (Phi) is 4.67. The lowest BCUT2D eigenvalue weighted by molar-refractivity contribution is 0.312. The Hall–Kier alpha value is -1.70. The Labute approximate surface area is 115 Å². The summed E-state index contributed by atoms with van der Waals surface area (Å²) in [5.74, 6) is 1.94. The van der Waals surface area contributed by atoms with Gasteiger partial charge in [0, 0.05) is 10.8 Å². The summed E-state index contributed by atoms with van der Waals surface area (Å²) in [4.78, 5) is 0. The van der Waals surface area contributed by atoms with Crippen molar-refractivity contribution in [3.8, 4) is 11.5 Å². The van der Waals surface area contributed by atoms with Crippen molar-refractivity contribution in [3.05, 3.63) is 35.9 Å². The maximum Gasteiger partial charge on any atom is 0.130 e. The highest BCUT2D eigenvalue weighted by molar-refractivity contribution is 5.94. The van der Waals surface area contributed by atoms with Crippen LogP contribution in [0.4, 0.5) is 0 Å². The Morgan fingerprint density at radius 1 is 0.895 bits per heavy atom. The predicted molar refractivity (Wildman–Crippen MR) is 80.3 cm³/mol. The zero-order valence-electron chi connectivity index (χ0n) is 12.0. The standard InChI is InChI=1S/C17H22O2/c1-4-10-18-16-12-13(3)17(19-11-5-2)15-9-7-6-8-14(15)16/h6-9,12H,4-5,10-11H2,1-3H3. The molecule has 19 heavy (non-hydrogen) atoms. The highest BCUT2D eigenvalue weighted by Gasteiger charge is 2.11. The molecule has 0 aliphatic carbocycles. The van der Waals surface area contributed by atoms with Gasteiger partial charge in [-0.05, 0) is 31.4 Å². The molecule has 0 N–H and O–H groups in total. The second kappa shape index (κ2) is 6.46. The molecule has 2 aromatic carbocycles. The molecular weight excluding hydrogens is 236 g/mol. The van der Waals surface area contributed by atoms with Crippen molar-refractivity contribution in [2.45, 2.75) is 33.6 Å². The first kappa shape index (κ1) is 13.7. The van der Waals surface area contributed by atoms with Crippen molar-refractivity contribution >= 4 is 10.8 Å². The van der Waals surface area contributed by atoms with Crippen LogP contribution in [0.5, 0.6) is 11.5 Å². The number of benzene rings is 2. The summed E-state index contributed by atoms with van der Waals surface area (Å²) in [6.07, 6.45) is 2.03. The van der Waals surface area contributed by atoms with Crippen LogP contribution in [0.3, 0.4) is 0 Å². The molecule has 0 saturated heterocycles. The van der Waals surface area contributed by atoms with Gasteiger partial charge in [0.1, 0.15) is 11.5 Å². The third-order valence-electron chi connectivity index (χ3n) is 3.06. The average Bonchev–Trinajstić information content (AvgIpc) is 2.44. The van der Waals surface area contributed by atoms with Crippen LogP contribution in [0.15, 0.2) is 30.3 Å². The first-order valence-electron chi connectivity index (χ1n) is 7.05. The quantitative estimate of drug-likeness (QED) is 0.746. The minimum absolute atomic E-state index is 0.749. The topological polar surface area (TPSA) is 18.5 Å². The fourth-order valence-corrected chi connectivity index (χ4v) is 2.18. The van der Waals surface area contributed by atoms with Gasteiger partial charge in [-0.2, -0.15) is 0 Å². The fraction of sp³-hybridized carbons (Fsp3) is 0.412. The maximum absolute atomic E-state index is 5.90. The van der Waals surface area contributed by atoms with Gasteiger partial charge in [-0.3, -0.25) is 0 Å². The van der Waals surface area contributed by atoms with Gasteiger partial charge in [-0.1, -0.05) is 38.1 Å². The van der Waals surface area contributed by atoms with Gasteiger partial charge in [-0.25, -0.2) is 0 Å². The molecule has 0 aliphatic rings. The molecule has 0 radical (unpaired) electrons. The highest BCUT2D eigenvalue weighted by Crippen LogP contribution is 2.36. The largest absolute Gasteiger partial charge is 0.493 e. The van der Waals surface area contributed by atoms with Gasteiger partial charge < -0.3 is 9.47 Å².